The van der Waals surface area contributed by atoms with Gasteiger partial charge in [0.05, 0.1) is 0 Å². The van der Waals surface area contributed by atoms with E-state index >= 15 is 0 Å². The Morgan fingerprint density at radius 1 is 1.41 bits per heavy atom. The fourth-order valence-electron chi connectivity index (χ4n) is 1.63. The van der Waals surface area contributed by atoms with Crippen molar-refractivity contribution in [3.63, 3.8) is 0 Å². The lowest BCUT2D eigenvalue weighted by Gasteiger charge is -2.20. The van der Waals surface area contributed by atoms with Crippen molar-refractivity contribution in [2.24, 2.45) is 5.92 Å². The Kier molecular flexibility index (Phi) is 4.34. The van der Waals surface area contributed by atoms with Gasteiger partial charge in [-0.15, -0.1) is 0 Å². The van der Waals surface area contributed by atoms with Crippen LogP contribution in [0.5, 0.6) is 0 Å². The highest BCUT2D eigenvalue weighted by Crippen LogP contribution is 2.20. The molecule has 1 fully saturated rings. The third-order valence-electron chi connectivity index (χ3n) is 2.37. The first-order valence-corrected chi connectivity index (χ1v) is 5.64. The van der Waals surface area contributed by atoms with E-state index in [9.17, 15) is 9.59 Å². The van der Waals surface area contributed by atoms with Crippen LogP contribution in [0.2, 0.25) is 0 Å². The molecule has 0 aromatic rings. The van der Waals surface area contributed by atoms with E-state index in [1.165, 1.54) is 4.90 Å². The van der Waals surface area contributed by atoms with Crippen molar-refractivity contribution in [3.8, 4) is 0 Å². The molecule has 0 aliphatic carbocycles. The molecule has 1 amide bonds. The molecule has 6 heteroatoms. The van der Waals surface area contributed by atoms with Gasteiger partial charge in [-0.05, 0) is 33.1 Å². The lowest BCUT2D eigenvalue weighted by atomic mass is 10.1. The minimum absolute atomic E-state index is 0.00897. The summed E-state index contributed by atoms with van der Waals surface area (Å²) in [6.45, 7) is 6.26. The second-order valence-electron chi connectivity index (χ2n) is 5.24. The zero-order valence-corrected chi connectivity index (χ0v) is 10.4. The molecule has 1 N–H and O–H groups in total. The lowest BCUT2D eigenvalue weighted by molar-refractivity contribution is -0.305. The Labute approximate surface area is 100 Å². The predicted octanol–water partition coefficient (Wildman–Crippen LogP) is 1.65. The van der Waals surface area contributed by atoms with Crippen molar-refractivity contribution in [2.75, 3.05) is 13.1 Å². The first kappa shape index (κ1) is 13.8. The Balaban J connectivity index is 2.33. The zero-order chi connectivity index (χ0) is 13.1. The van der Waals surface area contributed by atoms with Crippen molar-refractivity contribution in [1.82, 2.24) is 4.90 Å². The number of likely N-dealkylation sites (tertiary alicyclic amines) is 1. The number of hydrogen-bond donors (Lipinski definition) is 1. The number of nitrogens with zero attached hydrogens (tertiary/aromatic N) is 1. The van der Waals surface area contributed by atoms with Crippen LogP contribution in [-0.4, -0.2) is 40.8 Å². The zero-order valence-electron chi connectivity index (χ0n) is 10.4. The number of carboxylic acids is 1. The molecule has 17 heavy (non-hydrogen) atoms. The molecule has 0 bridgehead atoms. The molecule has 6 nitrogen and oxygen atoms in total. The number of hydrogen-bond acceptors (Lipinski definition) is 4. The molecule has 0 saturated carbocycles. The third-order valence-corrected chi connectivity index (χ3v) is 2.37. The van der Waals surface area contributed by atoms with E-state index in [2.05, 4.69) is 4.89 Å². The molecule has 1 aliphatic rings. The van der Waals surface area contributed by atoms with Crippen molar-refractivity contribution >= 4 is 12.1 Å². The van der Waals surface area contributed by atoms with Crippen LogP contribution in [0, 0.1) is 5.92 Å². The van der Waals surface area contributed by atoms with Gasteiger partial charge in [-0.2, -0.15) is 4.89 Å². The summed E-state index contributed by atoms with van der Waals surface area (Å²) < 4.78 is 0. The smallest absolute Gasteiger partial charge is 0.441 e. The summed E-state index contributed by atoms with van der Waals surface area (Å²) in [5, 5.41) is 8.65. The number of carbonyl (C=O) groups excluding carboxylic acids is 1. The van der Waals surface area contributed by atoms with Gasteiger partial charge in [-0.1, -0.05) is 0 Å². The first-order chi connectivity index (χ1) is 7.78. The van der Waals surface area contributed by atoms with Crippen LogP contribution >= 0.6 is 0 Å². The summed E-state index contributed by atoms with van der Waals surface area (Å²) in [5.74, 6) is -0.828. The number of carbonyl (C=O) groups is 2. The Hall–Kier alpha value is -1.30. The Bertz CT molecular complexity index is 297. The van der Waals surface area contributed by atoms with Crippen LogP contribution < -0.4 is 0 Å². The topological polar surface area (TPSA) is 76.1 Å². The molecule has 0 spiro atoms. The minimum atomic E-state index is -0.837. The normalized spacial score (nSPS) is 20.4. The molecule has 0 radical (unpaired) electrons. The maximum Gasteiger partial charge on any atom is 0.441 e. The van der Waals surface area contributed by atoms with Gasteiger partial charge >= 0.3 is 12.1 Å². The van der Waals surface area contributed by atoms with Crippen molar-refractivity contribution in [1.29, 1.82) is 0 Å². The summed E-state index contributed by atoms with van der Waals surface area (Å²) in [4.78, 5) is 33.2. The SMILES string of the molecule is CC(C)(C)OOC(=O)N1CC[C@H](CC(=O)O)C1. The van der Waals surface area contributed by atoms with Crippen LogP contribution in [0.15, 0.2) is 0 Å². The van der Waals surface area contributed by atoms with E-state index in [-0.39, 0.29) is 12.3 Å². The standard InChI is InChI=1S/C11H19NO5/c1-11(2,3)17-16-10(15)12-5-4-8(7-12)6-9(13)14/h8H,4-7H2,1-3H3,(H,13,14)/t8-/m1/s1. The van der Waals surface area contributed by atoms with Gasteiger partial charge in [-0.3, -0.25) is 9.68 Å². The Morgan fingerprint density at radius 2 is 2.06 bits per heavy atom. The molecule has 1 rings (SSSR count). The average molecular weight is 245 g/mol. The highest BCUT2D eigenvalue weighted by Gasteiger charge is 2.30. The minimum Gasteiger partial charge on any atom is -0.481 e. The van der Waals surface area contributed by atoms with Gasteiger partial charge < -0.3 is 10.0 Å². The fourth-order valence-corrected chi connectivity index (χ4v) is 1.63. The first-order valence-electron chi connectivity index (χ1n) is 5.64. The van der Waals surface area contributed by atoms with E-state index in [1.54, 1.807) is 20.8 Å². The van der Waals surface area contributed by atoms with E-state index in [4.69, 9.17) is 9.99 Å². The van der Waals surface area contributed by atoms with Crippen molar-refractivity contribution in [3.05, 3.63) is 0 Å². The van der Waals surface area contributed by atoms with E-state index in [0.29, 0.717) is 19.5 Å². The lowest BCUT2D eigenvalue weighted by Crippen LogP contribution is -2.32. The molecular weight excluding hydrogens is 226 g/mol. The van der Waals surface area contributed by atoms with E-state index < -0.39 is 17.7 Å². The maximum absolute atomic E-state index is 11.6. The number of rotatable bonds is 3. The van der Waals surface area contributed by atoms with Crippen LogP contribution in [0.3, 0.4) is 0 Å². The number of amides is 1. The quantitative estimate of drug-likeness (QED) is 0.604. The summed E-state index contributed by atoms with van der Waals surface area (Å²) >= 11 is 0. The van der Waals surface area contributed by atoms with Gasteiger partial charge in [0, 0.05) is 19.5 Å². The van der Waals surface area contributed by atoms with Crippen LogP contribution in [0.4, 0.5) is 4.79 Å². The molecule has 1 atom stereocenters. The average Bonchev–Trinajstić information content (AvgIpc) is 2.60. The third kappa shape index (κ3) is 5.04. The summed E-state index contributed by atoms with van der Waals surface area (Å²) in [6, 6.07) is 0. The predicted molar refractivity (Wildman–Crippen MR) is 59.3 cm³/mol. The molecule has 0 aromatic carbocycles. The second-order valence-corrected chi connectivity index (χ2v) is 5.24. The van der Waals surface area contributed by atoms with Crippen LogP contribution in [0.25, 0.3) is 0 Å². The highest BCUT2D eigenvalue weighted by molar-refractivity contribution is 5.69. The van der Waals surface area contributed by atoms with Gasteiger partial charge in [0.1, 0.15) is 5.60 Å². The Morgan fingerprint density at radius 3 is 2.59 bits per heavy atom. The molecular formula is C11H19NO5. The molecule has 0 unspecified atom stereocenters. The number of carboxylic acid groups (broad SMARTS) is 1. The van der Waals surface area contributed by atoms with E-state index in [1.807, 2.05) is 0 Å². The fraction of sp³-hybridized carbons (Fsp3) is 0.818. The monoisotopic (exact) mass is 245 g/mol. The molecule has 98 valence electrons. The van der Waals surface area contributed by atoms with Crippen LogP contribution in [0.1, 0.15) is 33.6 Å². The van der Waals surface area contributed by atoms with Crippen molar-refractivity contribution < 1.29 is 24.5 Å². The molecule has 0 aromatic heterocycles. The van der Waals surface area contributed by atoms with Crippen LogP contribution in [-0.2, 0) is 14.6 Å². The van der Waals surface area contributed by atoms with E-state index in [0.717, 1.165) is 0 Å². The largest absolute Gasteiger partial charge is 0.481 e. The van der Waals surface area contributed by atoms with Gasteiger partial charge in [-0.25, -0.2) is 4.79 Å². The molecule has 1 saturated heterocycles. The van der Waals surface area contributed by atoms with Crippen molar-refractivity contribution in [2.45, 2.75) is 39.2 Å². The summed E-state index contributed by atoms with van der Waals surface area (Å²) in [6.07, 6.45) is 0.230. The highest BCUT2D eigenvalue weighted by atomic mass is 17.2. The second kappa shape index (κ2) is 5.35. The number of aliphatic carboxylic acids is 1. The van der Waals surface area contributed by atoms with Gasteiger partial charge in [0.15, 0.2) is 0 Å². The molecule has 1 heterocycles. The summed E-state index contributed by atoms with van der Waals surface area (Å²) in [7, 11) is 0. The maximum atomic E-state index is 11.6. The summed E-state index contributed by atoms with van der Waals surface area (Å²) in [5.41, 5.74) is -0.546. The van der Waals surface area contributed by atoms with Gasteiger partial charge in [0.25, 0.3) is 0 Å². The van der Waals surface area contributed by atoms with Gasteiger partial charge in [0.2, 0.25) is 0 Å². The molecule has 1 aliphatic heterocycles.